The molecule has 0 bridgehead atoms. The van der Waals surface area contributed by atoms with Gasteiger partial charge < -0.3 is 15.4 Å². The number of benzene rings is 1. The van der Waals surface area contributed by atoms with Gasteiger partial charge in [-0.25, -0.2) is 0 Å². The molecule has 1 aliphatic heterocycles. The van der Waals surface area contributed by atoms with Crippen molar-refractivity contribution in [2.75, 3.05) is 25.0 Å². The Labute approximate surface area is 114 Å². The Hall–Kier alpha value is -1.39. The summed E-state index contributed by atoms with van der Waals surface area (Å²) in [5, 5.41) is 6.07. The van der Waals surface area contributed by atoms with Crippen LogP contribution >= 0.6 is 0 Å². The van der Waals surface area contributed by atoms with Crippen LogP contribution in [0.2, 0.25) is 0 Å². The van der Waals surface area contributed by atoms with Gasteiger partial charge in [-0.1, -0.05) is 32.0 Å². The highest BCUT2D eigenvalue weighted by atomic mass is 16.5. The van der Waals surface area contributed by atoms with Gasteiger partial charge in [0.05, 0.1) is 5.60 Å². The van der Waals surface area contributed by atoms with E-state index in [9.17, 15) is 4.79 Å². The highest BCUT2D eigenvalue weighted by molar-refractivity contribution is 5.92. The molecule has 1 aliphatic rings. The molecule has 4 heteroatoms. The number of para-hydroxylation sites is 1. The zero-order chi connectivity index (χ0) is 13.9. The van der Waals surface area contributed by atoms with Crippen molar-refractivity contribution in [2.24, 2.45) is 0 Å². The fraction of sp³-hybridized carbons (Fsp3) is 0.533. The molecule has 0 aromatic heterocycles. The van der Waals surface area contributed by atoms with Crippen LogP contribution < -0.4 is 10.6 Å². The Balaban J connectivity index is 1.91. The van der Waals surface area contributed by atoms with Crippen molar-refractivity contribution in [3.05, 3.63) is 29.8 Å². The number of anilines is 1. The van der Waals surface area contributed by atoms with Crippen LogP contribution in [0.25, 0.3) is 0 Å². The van der Waals surface area contributed by atoms with Gasteiger partial charge in [0.1, 0.15) is 6.61 Å². The van der Waals surface area contributed by atoms with Crippen molar-refractivity contribution in [3.8, 4) is 0 Å². The van der Waals surface area contributed by atoms with Crippen molar-refractivity contribution in [1.29, 1.82) is 0 Å². The zero-order valence-corrected chi connectivity index (χ0v) is 11.8. The fourth-order valence-electron chi connectivity index (χ4n) is 2.12. The first kappa shape index (κ1) is 14.0. The molecule has 4 nitrogen and oxygen atoms in total. The summed E-state index contributed by atoms with van der Waals surface area (Å²) in [5.74, 6) is 0.284. The largest absolute Gasteiger partial charge is 0.363 e. The SMILES string of the molecule is CC(C)c1ccccc1NC(=O)COC1(C)CNC1. The number of rotatable bonds is 5. The lowest BCUT2D eigenvalue weighted by Gasteiger charge is -2.38. The Morgan fingerprint density at radius 3 is 2.68 bits per heavy atom. The predicted molar refractivity (Wildman–Crippen MR) is 76.4 cm³/mol. The van der Waals surface area contributed by atoms with Gasteiger partial charge in [0.25, 0.3) is 0 Å². The van der Waals surface area contributed by atoms with Crippen LogP contribution in [0.1, 0.15) is 32.3 Å². The smallest absolute Gasteiger partial charge is 0.250 e. The first-order valence-electron chi connectivity index (χ1n) is 6.74. The predicted octanol–water partition coefficient (Wildman–Crippen LogP) is 2.13. The third-order valence-electron chi connectivity index (χ3n) is 3.41. The van der Waals surface area contributed by atoms with Crippen molar-refractivity contribution < 1.29 is 9.53 Å². The van der Waals surface area contributed by atoms with Crippen LogP contribution in [0, 0.1) is 0 Å². The first-order chi connectivity index (χ1) is 9.00. The summed E-state index contributed by atoms with van der Waals surface area (Å²) in [5.41, 5.74) is 1.84. The summed E-state index contributed by atoms with van der Waals surface area (Å²) >= 11 is 0. The van der Waals surface area contributed by atoms with Gasteiger partial charge in [0, 0.05) is 18.8 Å². The van der Waals surface area contributed by atoms with E-state index in [4.69, 9.17) is 4.74 Å². The van der Waals surface area contributed by atoms with Crippen LogP contribution in [-0.2, 0) is 9.53 Å². The molecule has 0 atom stereocenters. The number of carbonyl (C=O) groups is 1. The number of hydrogen-bond acceptors (Lipinski definition) is 3. The molecule has 0 unspecified atom stereocenters. The van der Waals surface area contributed by atoms with E-state index in [2.05, 4.69) is 24.5 Å². The molecule has 1 saturated heterocycles. The number of nitrogens with one attached hydrogen (secondary N) is 2. The van der Waals surface area contributed by atoms with E-state index in [1.807, 2.05) is 31.2 Å². The summed E-state index contributed by atoms with van der Waals surface area (Å²) in [7, 11) is 0. The molecular formula is C15H22N2O2. The number of ether oxygens (including phenoxy) is 1. The van der Waals surface area contributed by atoms with E-state index in [-0.39, 0.29) is 18.1 Å². The van der Waals surface area contributed by atoms with Crippen LogP contribution in [0.3, 0.4) is 0 Å². The van der Waals surface area contributed by atoms with Gasteiger partial charge in [0.2, 0.25) is 5.91 Å². The van der Waals surface area contributed by atoms with Crippen molar-refractivity contribution >= 4 is 11.6 Å². The molecule has 1 aromatic carbocycles. The van der Waals surface area contributed by atoms with Crippen LogP contribution in [0.4, 0.5) is 5.69 Å². The molecule has 0 aliphatic carbocycles. The molecule has 2 rings (SSSR count). The topological polar surface area (TPSA) is 50.4 Å². The van der Waals surface area contributed by atoms with E-state index in [0.29, 0.717) is 5.92 Å². The Morgan fingerprint density at radius 1 is 1.42 bits per heavy atom. The van der Waals surface area contributed by atoms with Gasteiger partial charge in [-0.2, -0.15) is 0 Å². The standard InChI is InChI=1S/C15H22N2O2/c1-11(2)12-6-4-5-7-13(12)17-14(18)8-19-15(3)9-16-10-15/h4-7,11,16H,8-10H2,1-3H3,(H,17,18). The monoisotopic (exact) mass is 262 g/mol. The van der Waals surface area contributed by atoms with E-state index in [0.717, 1.165) is 24.3 Å². The summed E-state index contributed by atoms with van der Waals surface area (Å²) < 4.78 is 5.63. The minimum absolute atomic E-state index is 0.0961. The molecule has 1 fully saturated rings. The van der Waals surface area contributed by atoms with E-state index in [1.54, 1.807) is 0 Å². The maximum Gasteiger partial charge on any atom is 0.250 e. The quantitative estimate of drug-likeness (QED) is 0.854. The molecule has 0 spiro atoms. The van der Waals surface area contributed by atoms with Crippen molar-refractivity contribution in [3.63, 3.8) is 0 Å². The Morgan fingerprint density at radius 2 is 2.11 bits per heavy atom. The highest BCUT2D eigenvalue weighted by Gasteiger charge is 2.33. The lowest BCUT2D eigenvalue weighted by atomic mass is 10.0. The molecule has 1 amide bonds. The van der Waals surface area contributed by atoms with Crippen molar-refractivity contribution in [1.82, 2.24) is 5.32 Å². The van der Waals surface area contributed by atoms with Gasteiger partial charge in [-0.05, 0) is 24.5 Å². The molecule has 2 N–H and O–H groups in total. The van der Waals surface area contributed by atoms with Gasteiger partial charge >= 0.3 is 0 Å². The fourth-order valence-corrected chi connectivity index (χ4v) is 2.12. The normalized spacial score (nSPS) is 17.1. The van der Waals surface area contributed by atoms with E-state index < -0.39 is 0 Å². The number of hydrogen-bond donors (Lipinski definition) is 2. The van der Waals surface area contributed by atoms with E-state index in [1.165, 1.54) is 0 Å². The maximum atomic E-state index is 11.9. The third-order valence-corrected chi connectivity index (χ3v) is 3.41. The molecule has 0 saturated carbocycles. The molecule has 1 aromatic rings. The van der Waals surface area contributed by atoms with E-state index >= 15 is 0 Å². The molecule has 19 heavy (non-hydrogen) atoms. The summed E-state index contributed by atoms with van der Waals surface area (Å²) in [6.07, 6.45) is 0. The van der Waals surface area contributed by atoms with Crippen LogP contribution in [0.15, 0.2) is 24.3 Å². The molecule has 0 radical (unpaired) electrons. The molecule has 1 heterocycles. The second-order valence-corrected chi connectivity index (χ2v) is 5.63. The summed E-state index contributed by atoms with van der Waals surface area (Å²) in [6.45, 7) is 7.96. The van der Waals surface area contributed by atoms with Gasteiger partial charge in [-0.3, -0.25) is 4.79 Å². The Kier molecular flexibility index (Phi) is 4.22. The lowest BCUT2D eigenvalue weighted by Crippen LogP contribution is -2.59. The summed E-state index contributed by atoms with van der Waals surface area (Å²) in [4.78, 5) is 11.9. The maximum absolute atomic E-state index is 11.9. The average Bonchev–Trinajstić information content (AvgIpc) is 2.34. The van der Waals surface area contributed by atoms with Crippen molar-refractivity contribution in [2.45, 2.75) is 32.3 Å². The minimum Gasteiger partial charge on any atom is -0.363 e. The van der Waals surface area contributed by atoms with Crippen LogP contribution in [-0.4, -0.2) is 31.2 Å². The average molecular weight is 262 g/mol. The number of amides is 1. The highest BCUT2D eigenvalue weighted by Crippen LogP contribution is 2.23. The lowest BCUT2D eigenvalue weighted by molar-refractivity contribution is -0.130. The Bertz CT molecular complexity index is 453. The zero-order valence-electron chi connectivity index (χ0n) is 11.8. The van der Waals surface area contributed by atoms with Gasteiger partial charge in [0.15, 0.2) is 0 Å². The first-order valence-corrected chi connectivity index (χ1v) is 6.74. The second kappa shape index (κ2) is 5.72. The summed E-state index contributed by atoms with van der Waals surface area (Å²) in [6, 6.07) is 7.89. The second-order valence-electron chi connectivity index (χ2n) is 5.63. The minimum atomic E-state index is -0.186. The number of carbonyl (C=O) groups excluding carboxylic acids is 1. The molecular weight excluding hydrogens is 240 g/mol. The third kappa shape index (κ3) is 3.55. The molecule has 104 valence electrons. The van der Waals surface area contributed by atoms with Crippen LogP contribution in [0.5, 0.6) is 0 Å². The van der Waals surface area contributed by atoms with Gasteiger partial charge in [-0.15, -0.1) is 0 Å².